The first-order valence-electron chi connectivity index (χ1n) is 10.7. The highest BCUT2D eigenvalue weighted by atomic mass is 32.2. The fourth-order valence-corrected chi connectivity index (χ4v) is 4.98. The van der Waals surface area contributed by atoms with E-state index in [1.54, 1.807) is 12.4 Å². The minimum atomic E-state index is 0.0933. The largest absolute Gasteiger partial charge is 0.311 e. The molecule has 0 bridgehead atoms. The number of hydrogen-bond acceptors (Lipinski definition) is 5. The lowest BCUT2D eigenvalue weighted by atomic mass is 9.98. The third-order valence-electron chi connectivity index (χ3n) is 5.61. The van der Waals surface area contributed by atoms with Crippen LogP contribution >= 0.6 is 11.8 Å². The number of fused-ring (bicyclic) bond motifs is 1. The molecule has 0 atom stereocenters. The highest BCUT2D eigenvalue weighted by Gasteiger charge is 2.25. The van der Waals surface area contributed by atoms with Gasteiger partial charge in [-0.1, -0.05) is 48.2 Å². The van der Waals surface area contributed by atoms with E-state index < -0.39 is 0 Å². The van der Waals surface area contributed by atoms with Gasteiger partial charge in [0.15, 0.2) is 11.0 Å². The van der Waals surface area contributed by atoms with Crippen molar-refractivity contribution in [1.29, 1.82) is 0 Å². The van der Waals surface area contributed by atoms with Crippen LogP contribution in [0.1, 0.15) is 17.5 Å². The molecule has 0 fully saturated rings. The first-order chi connectivity index (χ1) is 15.7. The van der Waals surface area contributed by atoms with Crippen molar-refractivity contribution in [2.75, 3.05) is 17.2 Å². The van der Waals surface area contributed by atoms with Crippen molar-refractivity contribution >= 4 is 23.4 Å². The molecule has 160 valence electrons. The van der Waals surface area contributed by atoms with E-state index in [1.807, 2.05) is 51.9 Å². The van der Waals surface area contributed by atoms with E-state index in [4.69, 9.17) is 0 Å². The molecule has 0 saturated heterocycles. The fraction of sp³-hybridized carbons (Fsp3) is 0.200. The number of hydrogen-bond donors (Lipinski definition) is 0. The molecule has 1 amide bonds. The third-order valence-corrected chi connectivity index (χ3v) is 6.53. The summed E-state index contributed by atoms with van der Waals surface area (Å²) in [5, 5.41) is 9.54. The highest BCUT2D eigenvalue weighted by Crippen LogP contribution is 2.32. The molecule has 5 rings (SSSR count). The number of para-hydroxylation sites is 2. The van der Waals surface area contributed by atoms with Crippen molar-refractivity contribution in [3.05, 3.63) is 84.2 Å². The van der Waals surface area contributed by atoms with Gasteiger partial charge < -0.3 is 4.90 Å². The van der Waals surface area contributed by atoms with Gasteiger partial charge in [0.05, 0.1) is 5.75 Å². The summed E-state index contributed by atoms with van der Waals surface area (Å²) >= 11 is 1.42. The summed E-state index contributed by atoms with van der Waals surface area (Å²) in [7, 11) is 0. The van der Waals surface area contributed by atoms with Crippen LogP contribution in [0.4, 0.5) is 5.69 Å². The van der Waals surface area contributed by atoms with Gasteiger partial charge in [0, 0.05) is 35.9 Å². The van der Waals surface area contributed by atoms with E-state index in [0.717, 1.165) is 41.9 Å². The maximum atomic E-state index is 13.2. The van der Waals surface area contributed by atoms with Gasteiger partial charge in [0.25, 0.3) is 0 Å². The van der Waals surface area contributed by atoms with E-state index >= 15 is 0 Å². The Hall–Kier alpha value is -3.45. The van der Waals surface area contributed by atoms with Crippen LogP contribution in [0.15, 0.2) is 78.2 Å². The Morgan fingerprint density at radius 2 is 1.91 bits per heavy atom. The Morgan fingerprint density at radius 1 is 1.03 bits per heavy atom. The predicted molar refractivity (Wildman–Crippen MR) is 127 cm³/mol. The van der Waals surface area contributed by atoms with Crippen LogP contribution in [0.25, 0.3) is 17.1 Å². The number of benzene rings is 2. The maximum absolute atomic E-state index is 13.2. The molecule has 0 radical (unpaired) electrons. The summed E-state index contributed by atoms with van der Waals surface area (Å²) in [5.41, 5.74) is 5.30. The van der Waals surface area contributed by atoms with Crippen LogP contribution in [0.3, 0.4) is 0 Å². The summed E-state index contributed by atoms with van der Waals surface area (Å²) in [5.74, 6) is 1.10. The Labute approximate surface area is 191 Å². The molecule has 6 nitrogen and oxygen atoms in total. The number of carbonyl (C=O) groups excluding carboxylic acids is 1. The van der Waals surface area contributed by atoms with Crippen LogP contribution in [-0.4, -0.2) is 38.0 Å². The Balaban J connectivity index is 1.44. The van der Waals surface area contributed by atoms with E-state index in [1.165, 1.54) is 17.3 Å². The van der Waals surface area contributed by atoms with Gasteiger partial charge in [-0.25, -0.2) is 0 Å². The third kappa shape index (κ3) is 3.91. The monoisotopic (exact) mass is 441 g/mol. The van der Waals surface area contributed by atoms with Gasteiger partial charge >= 0.3 is 0 Å². The van der Waals surface area contributed by atoms with Crippen molar-refractivity contribution < 1.29 is 4.79 Å². The highest BCUT2D eigenvalue weighted by molar-refractivity contribution is 7.99. The average molecular weight is 442 g/mol. The van der Waals surface area contributed by atoms with Crippen LogP contribution in [-0.2, 0) is 11.2 Å². The summed E-state index contributed by atoms with van der Waals surface area (Å²) in [6.45, 7) is 2.83. The molecular formula is C25H23N5OS. The molecular weight excluding hydrogens is 418 g/mol. The molecule has 7 heteroatoms. The van der Waals surface area contributed by atoms with E-state index in [0.29, 0.717) is 16.7 Å². The molecule has 3 heterocycles. The molecule has 0 aliphatic carbocycles. The maximum Gasteiger partial charge on any atom is 0.237 e. The van der Waals surface area contributed by atoms with Gasteiger partial charge in [-0.05, 0) is 55.2 Å². The zero-order valence-electron chi connectivity index (χ0n) is 17.8. The van der Waals surface area contributed by atoms with Crippen LogP contribution in [0.2, 0.25) is 0 Å². The Bertz CT molecular complexity index is 1240. The zero-order valence-corrected chi connectivity index (χ0v) is 18.6. The first kappa shape index (κ1) is 20.5. The molecule has 32 heavy (non-hydrogen) atoms. The van der Waals surface area contributed by atoms with Crippen LogP contribution in [0.5, 0.6) is 0 Å². The SMILES string of the molecule is Cc1cccc2c1N(C(=O)CSc1nnc(-c3cccnc3)n1-c1ccccc1)CCC2. The molecule has 0 N–H and O–H groups in total. The topological polar surface area (TPSA) is 63.9 Å². The van der Waals surface area contributed by atoms with Crippen molar-refractivity contribution in [3.8, 4) is 17.1 Å². The number of thioether (sulfide) groups is 1. The van der Waals surface area contributed by atoms with Crippen molar-refractivity contribution in [2.24, 2.45) is 0 Å². The van der Waals surface area contributed by atoms with Crippen LogP contribution in [0, 0.1) is 6.92 Å². The van der Waals surface area contributed by atoms with E-state index in [-0.39, 0.29) is 5.91 Å². The summed E-state index contributed by atoms with van der Waals surface area (Å²) in [6.07, 6.45) is 5.51. The Kier molecular flexibility index (Phi) is 5.73. The quantitative estimate of drug-likeness (QED) is 0.420. The lowest BCUT2D eigenvalue weighted by Gasteiger charge is -2.31. The fourth-order valence-electron chi connectivity index (χ4n) is 4.16. The lowest BCUT2D eigenvalue weighted by Crippen LogP contribution is -2.37. The second-order valence-electron chi connectivity index (χ2n) is 7.74. The van der Waals surface area contributed by atoms with E-state index in [9.17, 15) is 4.79 Å². The molecule has 2 aromatic carbocycles. The second kappa shape index (κ2) is 8.96. The average Bonchev–Trinajstić information content (AvgIpc) is 3.27. The van der Waals surface area contributed by atoms with Gasteiger partial charge in [0.2, 0.25) is 5.91 Å². The number of carbonyl (C=O) groups is 1. The number of pyridine rings is 1. The van der Waals surface area contributed by atoms with Gasteiger partial charge in [-0.15, -0.1) is 10.2 Å². The molecule has 4 aromatic rings. The van der Waals surface area contributed by atoms with Gasteiger partial charge in [-0.3, -0.25) is 14.3 Å². The van der Waals surface area contributed by atoms with Gasteiger partial charge in [-0.2, -0.15) is 0 Å². The van der Waals surface area contributed by atoms with Crippen LogP contribution < -0.4 is 4.90 Å². The van der Waals surface area contributed by atoms with E-state index in [2.05, 4.69) is 40.3 Å². The van der Waals surface area contributed by atoms with Crippen molar-refractivity contribution in [3.63, 3.8) is 0 Å². The number of anilines is 1. The van der Waals surface area contributed by atoms with Crippen molar-refractivity contribution in [2.45, 2.75) is 24.9 Å². The molecule has 0 spiro atoms. The second-order valence-corrected chi connectivity index (χ2v) is 8.68. The normalized spacial score (nSPS) is 13.1. The standard InChI is InChI=1S/C25H23N5OS/c1-18-8-5-9-19-11-7-15-29(23(18)19)22(31)17-32-25-28-27-24(20-10-6-14-26-16-20)30(25)21-12-3-2-4-13-21/h2-6,8-10,12-14,16H,7,11,15,17H2,1H3. The molecule has 0 saturated carbocycles. The number of aryl methyl sites for hydroxylation is 2. The Morgan fingerprint density at radius 3 is 2.72 bits per heavy atom. The molecule has 0 unspecified atom stereocenters. The molecule has 2 aromatic heterocycles. The number of amides is 1. The van der Waals surface area contributed by atoms with Crippen molar-refractivity contribution in [1.82, 2.24) is 19.7 Å². The first-order valence-corrected chi connectivity index (χ1v) is 11.6. The molecule has 1 aliphatic rings. The minimum absolute atomic E-state index is 0.0933. The predicted octanol–water partition coefficient (Wildman–Crippen LogP) is 4.71. The minimum Gasteiger partial charge on any atom is -0.311 e. The number of aromatic nitrogens is 4. The molecule has 1 aliphatic heterocycles. The summed E-state index contributed by atoms with van der Waals surface area (Å²) in [6, 6.07) is 20.1. The summed E-state index contributed by atoms with van der Waals surface area (Å²) in [4.78, 5) is 19.4. The summed E-state index contributed by atoms with van der Waals surface area (Å²) < 4.78 is 1.99. The van der Waals surface area contributed by atoms with Gasteiger partial charge in [0.1, 0.15) is 0 Å². The smallest absolute Gasteiger partial charge is 0.237 e. The zero-order chi connectivity index (χ0) is 21.9. The number of nitrogens with zero attached hydrogens (tertiary/aromatic N) is 5. The number of rotatable bonds is 5. The lowest BCUT2D eigenvalue weighted by molar-refractivity contribution is -0.116.